The van der Waals surface area contributed by atoms with Gasteiger partial charge in [0.2, 0.25) is 0 Å². The fraction of sp³-hybridized carbons (Fsp3) is 0.333. The zero-order valence-corrected chi connectivity index (χ0v) is 15.9. The number of nitrogens with zero attached hydrogens (tertiary/aromatic N) is 1. The first-order valence-corrected chi connectivity index (χ1v) is 9.52. The topological polar surface area (TPSA) is 41.3 Å². The van der Waals surface area contributed by atoms with Crippen LogP contribution in [-0.2, 0) is 6.54 Å². The van der Waals surface area contributed by atoms with Crippen molar-refractivity contribution in [3.63, 3.8) is 0 Å². The summed E-state index contributed by atoms with van der Waals surface area (Å²) in [6.45, 7) is 3.22. The Morgan fingerprint density at radius 3 is 2.92 bits per heavy atom. The lowest BCUT2D eigenvalue weighted by Gasteiger charge is -2.33. The first kappa shape index (κ1) is 18.1. The molecule has 24 heavy (non-hydrogen) atoms. The Morgan fingerprint density at radius 1 is 1.29 bits per heavy atom. The first-order chi connectivity index (χ1) is 11.6. The Hall–Kier alpha value is -0.750. The van der Waals surface area contributed by atoms with Crippen molar-refractivity contribution in [1.82, 2.24) is 9.62 Å². The maximum Gasteiger partial charge on any atom is 0.0468 e. The largest absolute Gasteiger partial charge is 0.329 e. The van der Waals surface area contributed by atoms with Gasteiger partial charge in [-0.2, -0.15) is 0 Å². The highest BCUT2D eigenvalue weighted by molar-refractivity contribution is 7.97. The maximum absolute atomic E-state index is 6.44. The number of nitrogens with two attached hydrogens (primary N) is 1. The summed E-state index contributed by atoms with van der Waals surface area (Å²) in [4.78, 5) is 3.49. The molecule has 0 amide bonds. The Balaban J connectivity index is 1.94. The zero-order chi connectivity index (χ0) is 17.1. The number of hydrogen-bond donors (Lipinski definition) is 2. The predicted octanol–water partition coefficient (Wildman–Crippen LogP) is 4.13. The van der Waals surface area contributed by atoms with E-state index in [0.717, 1.165) is 24.7 Å². The van der Waals surface area contributed by atoms with E-state index in [1.54, 1.807) is 11.9 Å². The van der Waals surface area contributed by atoms with Crippen LogP contribution < -0.4 is 10.5 Å². The van der Waals surface area contributed by atoms with Crippen LogP contribution in [-0.4, -0.2) is 31.6 Å². The molecule has 2 aromatic carbocycles. The molecule has 3 nitrogen and oxygen atoms in total. The van der Waals surface area contributed by atoms with E-state index in [1.165, 1.54) is 21.6 Å². The van der Waals surface area contributed by atoms with Gasteiger partial charge in [-0.3, -0.25) is 4.72 Å². The lowest BCUT2D eigenvalue weighted by Crippen LogP contribution is -2.31. The summed E-state index contributed by atoms with van der Waals surface area (Å²) < 4.78 is 3.27. The van der Waals surface area contributed by atoms with Gasteiger partial charge in [-0.15, -0.1) is 0 Å². The highest BCUT2D eigenvalue weighted by Crippen LogP contribution is 2.38. The third kappa shape index (κ3) is 4.07. The number of hydrogen-bond acceptors (Lipinski definition) is 4. The van der Waals surface area contributed by atoms with E-state index < -0.39 is 0 Å². The highest BCUT2D eigenvalue weighted by atomic mass is 35.5. The number of likely N-dealkylation sites (N-methyl/N-ethyl adjacent to an activating group) is 1. The van der Waals surface area contributed by atoms with E-state index in [4.69, 9.17) is 28.9 Å². The molecule has 0 aromatic heterocycles. The van der Waals surface area contributed by atoms with E-state index in [1.807, 2.05) is 6.07 Å². The summed E-state index contributed by atoms with van der Waals surface area (Å²) in [5.74, 6) is 0.269. The van der Waals surface area contributed by atoms with Crippen LogP contribution in [0, 0.1) is 0 Å². The zero-order valence-electron chi connectivity index (χ0n) is 13.6. The van der Waals surface area contributed by atoms with Crippen molar-refractivity contribution in [2.75, 3.05) is 26.7 Å². The Morgan fingerprint density at radius 2 is 2.12 bits per heavy atom. The summed E-state index contributed by atoms with van der Waals surface area (Å²) in [5.41, 5.74) is 9.23. The molecule has 0 bridgehead atoms. The van der Waals surface area contributed by atoms with Crippen LogP contribution in [0.5, 0.6) is 0 Å². The van der Waals surface area contributed by atoms with Crippen LogP contribution in [0.25, 0.3) is 0 Å². The van der Waals surface area contributed by atoms with Gasteiger partial charge in [-0.1, -0.05) is 35.3 Å². The molecule has 2 aromatic rings. The Bertz CT molecular complexity index is 723. The minimum atomic E-state index is 0.269. The van der Waals surface area contributed by atoms with Gasteiger partial charge in [0, 0.05) is 47.0 Å². The third-order valence-corrected chi connectivity index (χ3v) is 5.58. The van der Waals surface area contributed by atoms with Crippen molar-refractivity contribution < 1.29 is 0 Å². The van der Waals surface area contributed by atoms with Gasteiger partial charge < -0.3 is 10.6 Å². The van der Waals surface area contributed by atoms with Crippen molar-refractivity contribution in [2.45, 2.75) is 17.4 Å². The van der Waals surface area contributed by atoms with Crippen LogP contribution in [0.1, 0.15) is 22.6 Å². The molecule has 1 unspecified atom stereocenters. The van der Waals surface area contributed by atoms with Gasteiger partial charge in [-0.25, -0.2) is 0 Å². The number of rotatable bonds is 5. The SMILES string of the molecule is CN1Cc2c(Cl)cc(Cl)cc2C(c2cccc(SNCCN)c2)C1. The lowest BCUT2D eigenvalue weighted by atomic mass is 9.85. The van der Waals surface area contributed by atoms with Crippen molar-refractivity contribution >= 4 is 35.1 Å². The predicted molar refractivity (Wildman–Crippen MR) is 104 cm³/mol. The lowest BCUT2D eigenvalue weighted by molar-refractivity contribution is 0.295. The smallest absolute Gasteiger partial charge is 0.0468 e. The number of benzene rings is 2. The number of nitrogens with one attached hydrogen (secondary N) is 1. The van der Waals surface area contributed by atoms with Gasteiger partial charge in [-0.05, 0) is 60.0 Å². The van der Waals surface area contributed by atoms with Crippen molar-refractivity contribution in [3.05, 3.63) is 63.1 Å². The van der Waals surface area contributed by atoms with Crippen LogP contribution in [0.4, 0.5) is 0 Å². The van der Waals surface area contributed by atoms with Crippen LogP contribution >= 0.6 is 35.1 Å². The molecule has 128 valence electrons. The van der Waals surface area contributed by atoms with E-state index in [2.05, 4.69) is 47.0 Å². The van der Waals surface area contributed by atoms with Gasteiger partial charge in [0.25, 0.3) is 0 Å². The molecule has 1 heterocycles. The van der Waals surface area contributed by atoms with E-state index in [0.29, 0.717) is 11.6 Å². The first-order valence-electron chi connectivity index (χ1n) is 7.94. The molecule has 3 rings (SSSR count). The summed E-state index contributed by atoms with van der Waals surface area (Å²) in [6, 6.07) is 12.5. The van der Waals surface area contributed by atoms with Gasteiger partial charge >= 0.3 is 0 Å². The third-order valence-electron chi connectivity index (χ3n) is 4.19. The summed E-state index contributed by atoms with van der Waals surface area (Å²) in [5, 5.41) is 1.45. The Kier molecular flexibility index (Phi) is 6.08. The second kappa shape index (κ2) is 8.09. The highest BCUT2D eigenvalue weighted by Gasteiger charge is 2.27. The van der Waals surface area contributed by atoms with Crippen molar-refractivity contribution in [2.24, 2.45) is 5.73 Å². The molecule has 1 aliphatic heterocycles. The molecule has 0 radical (unpaired) electrons. The van der Waals surface area contributed by atoms with Crippen LogP contribution in [0.15, 0.2) is 41.3 Å². The fourth-order valence-corrected chi connectivity index (χ4v) is 4.42. The molecule has 0 saturated carbocycles. The molecular formula is C18H21Cl2N3S. The average Bonchev–Trinajstić information content (AvgIpc) is 2.55. The molecule has 0 spiro atoms. The van der Waals surface area contributed by atoms with Crippen LogP contribution in [0.3, 0.4) is 0 Å². The molecule has 0 aliphatic carbocycles. The minimum absolute atomic E-state index is 0.269. The van der Waals surface area contributed by atoms with E-state index in [-0.39, 0.29) is 5.92 Å². The summed E-state index contributed by atoms with van der Waals surface area (Å²) >= 11 is 14.3. The average molecular weight is 382 g/mol. The molecule has 0 fully saturated rings. The summed E-state index contributed by atoms with van der Waals surface area (Å²) in [7, 11) is 2.13. The van der Waals surface area contributed by atoms with Gasteiger partial charge in [0.15, 0.2) is 0 Å². The molecule has 0 saturated heterocycles. The Labute approximate surface area is 157 Å². The molecule has 1 aliphatic rings. The monoisotopic (exact) mass is 381 g/mol. The van der Waals surface area contributed by atoms with Crippen LogP contribution in [0.2, 0.25) is 10.0 Å². The number of halogens is 2. The maximum atomic E-state index is 6.44. The van der Waals surface area contributed by atoms with E-state index >= 15 is 0 Å². The second-order valence-electron chi connectivity index (χ2n) is 6.06. The molecule has 1 atom stereocenters. The summed E-state index contributed by atoms with van der Waals surface area (Å²) in [6.07, 6.45) is 0. The molecular weight excluding hydrogens is 361 g/mol. The van der Waals surface area contributed by atoms with Gasteiger partial charge in [0.1, 0.15) is 0 Å². The normalized spacial score (nSPS) is 17.8. The number of fused-ring (bicyclic) bond motifs is 1. The molecule has 6 heteroatoms. The quantitative estimate of drug-likeness (QED) is 0.603. The fourth-order valence-electron chi connectivity index (χ4n) is 3.12. The standard InChI is InChI=1S/C18H21Cl2N3S/c1-23-10-16(15-8-13(19)9-18(20)17(15)11-23)12-3-2-4-14(7-12)24-22-6-5-21/h2-4,7-9,16,22H,5-6,10-11,21H2,1H3. The second-order valence-corrected chi connectivity index (χ2v) is 7.87. The van der Waals surface area contributed by atoms with Crippen molar-refractivity contribution in [1.29, 1.82) is 0 Å². The minimum Gasteiger partial charge on any atom is -0.329 e. The van der Waals surface area contributed by atoms with Gasteiger partial charge in [0.05, 0.1) is 0 Å². The van der Waals surface area contributed by atoms with E-state index in [9.17, 15) is 0 Å². The molecule has 3 N–H and O–H groups in total. The van der Waals surface area contributed by atoms with Crippen molar-refractivity contribution in [3.8, 4) is 0 Å².